The maximum atomic E-state index is 11.9. The molecule has 0 aliphatic rings. The molecule has 0 atom stereocenters. The van der Waals surface area contributed by atoms with Gasteiger partial charge in [0.25, 0.3) is 0 Å². The third-order valence-electron chi connectivity index (χ3n) is 4.03. The fraction of sp³-hybridized carbons (Fsp3) is 0.632. The third kappa shape index (κ3) is 6.97. The van der Waals surface area contributed by atoms with Crippen LogP contribution in [0, 0.1) is 0 Å². The summed E-state index contributed by atoms with van der Waals surface area (Å²) >= 11 is 0. The number of methoxy groups -OCH3 is 1. The number of carbonyl (C=O) groups is 1. The van der Waals surface area contributed by atoms with E-state index < -0.39 is 0 Å². The van der Waals surface area contributed by atoms with Gasteiger partial charge in [-0.3, -0.25) is 4.79 Å². The number of aromatic hydroxyl groups is 1. The summed E-state index contributed by atoms with van der Waals surface area (Å²) in [7, 11) is 1.53. The third-order valence-corrected chi connectivity index (χ3v) is 4.03. The van der Waals surface area contributed by atoms with Crippen molar-refractivity contribution in [1.29, 1.82) is 0 Å². The van der Waals surface area contributed by atoms with Crippen LogP contribution in [0.25, 0.3) is 0 Å². The van der Waals surface area contributed by atoms with Crippen molar-refractivity contribution in [2.24, 2.45) is 0 Å². The van der Waals surface area contributed by atoms with Gasteiger partial charge in [-0.2, -0.15) is 0 Å². The Morgan fingerprint density at radius 3 is 2.41 bits per heavy atom. The Labute approximate surface area is 134 Å². The monoisotopic (exact) mass is 306 g/mol. The van der Waals surface area contributed by atoms with E-state index in [4.69, 9.17) is 4.74 Å². The number of rotatable bonds is 12. The van der Waals surface area contributed by atoms with Gasteiger partial charge in [0.05, 0.1) is 7.11 Å². The lowest BCUT2D eigenvalue weighted by Gasteiger charge is -2.08. The molecule has 0 aliphatic heterocycles. The van der Waals surface area contributed by atoms with Crippen molar-refractivity contribution in [3.63, 3.8) is 0 Å². The number of unbranched alkanes of at least 4 members (excludes halogenated alkanes) is 6. The first-order chi connectivity index (χ1) is 10.7. The molecule has 0 fully saturated rings. The largest absolute Gasteiger partial charge is 0.504 e. The minimum absolute atomic E-state index is 0.161. The van der Waals surface area contributed by atoms with Gasteiger partial charge < -0.3 is 9.84 Å². The van der Waals surface area contributed by atoms with Crippen LogP contribution in [0.15, 0.2) is 18.2 Å². The molecule has 0 heterocycles. The summed E-state index contributed by atoms with van der Waals surface area (Å²) in [5.41, 5.74) is 0.785. The molecule has 22 heavy (non-hydrogen) atoms. The lowest BCUT2D eigenvalue weighted by Crippen LogP contribution is -2.01. The van der Waals surface area contributed by atoms with Gasteiger partial charge in [-0.05, 0) is 24.5 Å². The van der Waals surface area contributed by atoms with E-state index >= 15 is 0 Å². The van der Waals surface area contributed by atoms with Gasteiger partial charge in [0.2, 0.25) is 0 Å². The maximum absolute atomic E-state index is 11.9. The van der Waals surface area contributed by atoms with E-state index in [-0.39, 0.29) is 11.5 Å². The fourth-order valence-corrected chi connectivity index (χ4v) is 2.61. The summed E-state index contributed by atoms with van der Waals surface area (Å²) < 4.78 is 5.08. The zero-order chi connectivity index (χ0) is 16.2. The molecule has 1 N–H and O–H groups in total. The highest BCUT2D eigenvalue weighted by Gasteiger charge is 2.09. The number of para-hydroxylation sites is 1. The van der Waals surface area contributed by atoms with Crippen molar-refractivity contribution in [2.45, 2.75) is 71.1 Å². The molecule has 3 nitrogen and oxygen atoms in total. The van der Waals surface area contributed by atoms with Crippen LogP contribution >= 0.6 is 0 Å². The summed E-state index contributed by atoms with van der Waals surface area (Å²) in [6.07, 6.45) is 10.3. The molecule has 0 unspecified atom stereocenters. The van der Waals surface area contributed by atoms with Crippen LogP contribution in [0.3, 0.4) is 0 Å². The van der Waals surface area contributed by atoms with E-state index in [9.17, 15) is 9.90 Å². The van der Waals surface area contributed by atoms with E-state index in [0.717, 1.165) is 18.4 Å². The van der Waals surface area contributed by atoms with Gasteiger partial charge in [-0.1, -0.05) is 57.6 Å². The zero-order valence-corrected chi connectivity index (χ0v) is 14.1. The molecule has 0 amide bonds. The average Bonchev–Trinajstić information content (AvgIpc) is 2.53. The number of Topliss-reactive ketones (excluding diaryl/α,β-unsaturated/α-hetero) is 1. The minimum atomic E-state index is 0.161. The number of phenols is 1. The van der Waals surface area contributed by atoms with E-state index in [2.05, 4.69) is 6.92 Å². The molecule has 0 bridgehead atoms. The Hall–Kier alpha value is -1.51. The Bertz CT molecular complexity index is 440. The van der Waals surface area contributed by atoms with Crippen molar-refractivity contribution in [3.05, 3.63) is 23.8 Å². The number of aryl methyl sites for hydroxylation is 1. The van der Waals surface area contributed by atoms with Gasteiger partial charge in [0.15, 0.2) is 11.5 Å². The zero-order valence-electron chi connectivity index (χ0n) is 14.1. The summed E-state index contributed by atoms with van der Waals surface area (Å²) in [6.45, 7) is 2.22. The van der Waals surface area contributed by atoms with Crippen LogP contribution < -0.4 is 4.74 Å². The highest BCUT2D eigenvalue weighted by Crippen LogP contribution is 2.30. The van der Waals surface area contributed by atoms with Crippen molar-refractivity contribution in [1.82, 2.24) is 0 Å². The van der Waals surface area contributed by atoms with E-state index in [1.54, 1.807) is 6.07 Å². The number of phenolic OH excluding ortho intramolecular Hbond substituents is 1. The smallest absolute Gasteiger partial charge is 0.160 e. The molecule has 3 heteroatoms. The predicted octanol–water partition coefficient (Wildman–Crippen LogP) is 5.04. The van der Waals surface area contributed by atoms with Gasteiger partial charge in [0.1, 0.15) is 5.78 Å². The Morgan fingerprint density at radius 1 is 1.05 bits per heavy atom. The molecule has 124 valence electrons. The molecule has 0 saturated carbocycles. The maximum Gasteiger partial charge on any atom is 0.160 e. The second-order valence-electron chi connectivity index (χ2n) is 5.88. The Kier molecular flexibility index (Phi) is 9.36. The van der Waals surface area contributed by atoms with E-state index in [1.807, 2.05) is 12.1 Å². The molecule has 0 spiro atoms. The predicted molar refractivity (Wildman–Crippen MR) is 90.6 cm³/mol. The molecular formula is C19H30O3. The minimum Gasteiger partial charge on any atom is -0.504 e. The quantitative estimate of drug-likeness (QED) is 0.550. The van der Waals surface area contributed by atoms with Gasteiger partial charge >= 0.3 is 0 Å². The van der Waals surface area contributed by atoms with Crippen molar-refractivity contribution in [3.8, 4) is 11.5 Å². The van der Waals surface area contributed by atoms with Crippen LogP contribution in [0.4, 0.5) is 0 Å². The summed E-state index contributed by atoms with van der Waals surface area (Å²) in [4.78, 5) is 11.9. The Balaban J connectivity index is 2.18. The number of carbonyl (C=O) groups excluding carboxylic acids is 1. The molecule has 0 aromatic heterocycles. The van der Waals surface area contributed by atoms with Crippen LogP contribution in [0.2, 0.25) is 0 Å². The highest BCUT2D eigenvalue weighted by molar-refractivity contribution is 5.78. The van der Waals surface area contributed by atoms with Crippen LogP contribution in [-0.2, 0) is 11.2 Å². The number of hydrogen-bond acceptors (Lipinski definition) is 3. The second-order valence-corrected chi connectivity index (χ2v) is 5.88. The van der Waals surface area contributed by atoms with Crippen LogP contribution in [-0.4, -0.2) is 18.0 Å². The van der Waals surface area contributed by atoms with Gasteiger partial charge in [-0.25, -0.2) is 0 Å². The molecule has 1 aromatic rings. The summed E-state index contributed by atoms with van der Waals surface area (Å²) in [5, 5.41) is 9.98. The average molecular weight is 306 g/mol. The molecular weight excluding hydrogens is 276 g/mol. The normalized spacial score (nSPS) is 10.6. The SMILES string of the molecule is CCCCCCCCCC(=O)CCc1cccc(OC)c1O. The standard InChI is InChI=1S/C19H30O3/c1-3-4-5-6-7-8-9-12-17(20)15-14-16-11-10-13-18(22-2)19(16)21/h10-11,13,21H,3-9,12,14-15H2,1-2H3. The molecule has 0 radical (unpaired) electrons. The molecule has 0 aliphatic carbocycles. The van der Waals surface area contributed by atoms with E-state index in [1.165, 1.54) is 39.2 Å². The highest BCUT2D eigenvalue weighted by atomic mass is 16.5. The van der Waals surface area contributed by atoms with Gasteiger partial charge in [-0.15, -0.1) is 0 Å². The molecule has 1 rings (SSSR count). The lowest BCUT2D eigenvalue weighted by atomic mass is 10.0. The van der Waals surface area contributed by atoms with E-state index in [0.29, 0.717) is 25.0 Å². The van der Waals surface area contributed by atoms with Crippen molar-refractivity contribution >= 4 is 5.78 Å². The number of ketones is 1. The van der Waals surface area contributed by atoms with Gasteiger partial charge in [0, 0.05) is 12.8 Å². The first-order valence-electron chi connectivity index (χ1n) is 8.55. The molecule has 0 saturated heterocycles. The first kappa shape index (κ1) is 18.5. The van der Waals surface area contributed by atoms with Crippen LogP contribution in [0.1, 0.15) is 70.3 Å². The topological polar surface area (TPSA) is 46.5 Å². The lowest BCUT2D eigenvalue weighted by molar-refractivity contribution is -0.119. The summed E-state index contributed by atoms with van der Waals surface area (Å²) in [5.74, 6) is 0.918. The van der Waals surface area contributed by atoms with Crippen LogP contribution in [0.5, 0.6) is 11.5 Å². The summed E-state index contributed by atoms with van der Waals surface area (Å²) in [6, 6.07) is 5.41. The van der Waals surface area contributed by atoms with Crippen molar-refractivity contribution in [2.75, 3.05) is 7.11 Å². The number of hydrogen-bond donors (Lipinski definition) is 1. The molecule has 1 aromatic carbocycles. The number of benzene rings is 1. The first-order valence-corrected chi connectivity index (χ1v) is 8.55. The Morgan fingerprint density at radius 2 is 1.73 bits per heavy atom. The fourth-order valence-electron chi connectivity index (χ4n) is 2.61. The van der Waals surface area contributed by atoms with Crippen molar-refractivity contribution < 1.29 is 14.6 Å². The second kappa shape index (κ2) is 11.1. The number of ether oxygens (including phenoxy) is 1.